The van der Waals surface area contributed by atoms with Gasteiger partial charge in [0.05, 0.1) is 5.39 Å². The van der Waals surface area contributed by atoms with E-state index in [0.717, 1.165) is 11.1 Å². The van der Waals surface area contributed by atoms with Crippen LogP contribution in [-0.4, -0.2) is 0 Å². The first-order valence-electron chi connectivity index (χ1n) is 6.05. The molecule has 1 heterocycles. The maximum atomic E-state index is 12.1. The topological polar surface area (TPSA) is 56.2 Å². The molecule has 2 N–H and O–H groups in total. The van der Waals surface area contributed by atoms with E-state index in [9.17, 15) is 4.79 Å². The lowest BCUT2D eigenvalue weighted by atomic mass is 10.1. The largest absolute Gasteiger partial charge is 0.456 e. The molecule has 0 fully saturated rings. The number of hydrogen-bond acceptors (Lipinski definition) is 3. The zero-order chi connectivity index (χ0) is 13.4. The Hall–Kier alpha value is -2.55. The van der Waals surface area contributed by atoms with Gasteiger partial charge in [0.1, 0.15) is 11.3 Å². The summed E-state index contributed by atoms with van der Waals surface area (Å²) in [4.78, 5) is 12.1. The monoisotopic (exact) mass is 251 g/mol. The van der Waals surface area contributed by atoms with Crippen molar-refractivity contribution in [1.82, 2.24) is 0 Å². The lowest BCUT2D eigenvalue weighted by molar-refractivity contribution is 0.619. The van der Waals surface area contributed by atoms with Crippen LogP contribution in [0.2, 0.25) is 0 Å². The van der Waals surface area contributed by atoms with Gasteiger partial charge < -0.3 is 10.2 Å². The van der Waals surface area contributed by atoms with Gasteiger partial charge in [0, 0.05) is 17.3 Å². The first-order chi connectivity index (χ1) is 9.16. The Morgan fingerprint density at radius 1 is 1.05 bits per heavy atom. The Kier molecular flexibility index (Phi) is 2.60. The van der Waals surface area contributed by atoms with Crippen LogP contribution in [0.3, 0.4) is 0 Å². The van der Waals surface area contributed by atoms with Crippen LogP contribution < -0.4 is 11.2 Å². The van der Waals surface area contributed by atoms with E-state index < -0.39 is 0 Å². The van der Waals surface area contributed by atoms with E-state index in [1.165, 1.54) is 6.07 Å². The molecule has 2 aromatic carbocycles. The summed E-state index contributed by atoms with van der Waals surface area (Å²) in [5, 5.41) is 0.581. The first kappa shape index (κ1) is 11.5. The number of nitrogen functional groups attached to an aromatic ring is 1. The fourth-order valence-electron chi connectivity index (χ4n) is 2.13. The Morgan fingerprint density at radius 2 is 1.84 bits per heavy atom. The summed E-state index contributed by atoms with van der Waals surface area (Å²) in [5.74, 6) is 0.505. The summed E-state index contributed by atoms with van der Waals surface area (Å²) in [7, 11) is 0. The second-order valence-electron chi connectivity index (χ2n) is 4.51. The average molecular weight is 251 g/mol. The highest BCUT2D eigenvalue weighted by Gasteiger charge is 2.10. The van der Waals surface area contributed by atoms with Gasteiger partial charge in [-0.15, -0.1) is 0 Å². The van der Waals surface area contributed by atoms with Gasteiger partial charge in [-0.2, -0.15) is 0 Å². The minimum atomic E-state index is -0.0576. The lowest BCUT2D eigenvalue weighted by Crippen LogP contribution is -2.01. The normalized spacial score (nSPS) is 10.8. The Labute approximate surface area is 110 Å². The molecule has 3 heteroatoms. The number of para-hydroxylation sites is 2. The summed E-state index contributed by atoms with van der Waals surface area (Å²) in [6, 6.07) is 14.4. The smallest absolute Gasteiger partial charge is 0.193 e. The molecule has 94 valence electrons. The third-order valence-electron chi connectivity index (χ3n) is 3.22. The summed E-state index contributed by atoms with van der Waals surface area (Å²) in [6.07, 6.45) is 0. The zero-order valence-electron chi connectivity index (χ0n) is 10.5. The maximum absolute atomic E-state index is 12.1. The van der Waals surface area contributed by atoms with Crippen LogP contribution >= 0.6 is 0 Å². The molecular formula is C16H13NO2. The molecular weight excluding hydrogens is 238 g/mol. The van der Waals surface area contributed by atoms with Crippen molar-refractivity contribution in [3.05, 3.63) is 64.3 Å². The number of anilines is 1. The predicted molar refractivity (Wildman–Crippen MR) is 77.1 cm³/mol. The molecule has 0 amide bonds. The molecule has 0 unspecified atom stereocenters. The Morgan fingerprint density at radius 3 is 2.68 bits per heavy atom. The Balaban J connectivity index is 2.32. The molecule has 0 saturated heterocycles. The second kappa shape index (κ2) is 4.28. The van der Waals surface area contributed by atoms with Gasteiger partial charge in [-0.25, -0.2) is 0 Å². The Bertz CT molecular complexity index is 818. The molecule has 0 spiro atoms. The van der Waals surface area contributed by atoms with Crippen molar-refractivity contribution < 1.29 is 4.42 Å². The van der Waals surface area contributed by atoms with Gasteiger partial charge in [-0.05, 0) is 30.7 Å². The van der Waals surface area contributed by atoms with Crippen LogP contribution in [0.5, 0.6) is 0 Å². The van der Waals surface area contributed by atoms with Crippen molar-refractivity contribution in [2.24, 2.45) is 0 Å². The molecule has 0 aliphatic carbocycles. The number of fused-ring (bicyclic) bond motifs is 1. The van der Waals surface area contributed by atoms with Crippen molar-refractivity contribution in [3.63, 3.8) is 0 Å². The van der Waals surface area contributed by atoms with E-state index in [2.05, 4.69) is 0 Å². The molecule has 0 aliphatic rings. The molecule has 3 rings (SSSR count). The third-order valence-corrected chi connectivity index (χ3v) is 3.22. The van der Waals surface area contributed by atoms with E-state index in [4.69, 9.17) is 10.2 Å². The predicted octanol–water partition coefficient (Wildman–Crippen LogP) is 3.35. The fraction of sp³-hybridized carbons (Fsp3) is 0.0625. The van der Waals surface area contributed by atoms with Crippen LogP contribution in [-0.2, 0) is 0 Å². The van der Waals surface area contributed by atoms with Crippen LogP contribution in [0.4, 0.5) is 5.69 Å². The molecule has 19 heavy (non-hydrogen) atoms. The van der Waals surface area contributed by atoms with Gasteiger partial charge in [-0.3, -0.25) is 4.79 Å². The van der Waals surface area contributed by atoms with Crippen molar-refractivity contribution in [2.75, 3.05) is 5.73 Å². The van der Waals surface area contributed by atoms with E-state index in [-0.39, 0.29) is 5.43 Å². The minimum absolute atomic E-state index is 0.0576. The minimum Gasteiger partial charge on any atom is -0.456 e. The van der Waals surface area contributed by atoms with E-state index in [1.807, 2.05) is 37.3 Å². The van der Waals surface area contributed by atoms with Gasteiger partial charge >= 0.3 is 0 Å². The number of hydrogen-bond donors (Lipinski definition) is 1. The zero-order valence-corrected chi connectivity index (χ0v) is 10.5. The van der Waals surface area contributed by atoms with Crippen LogP contribution in [0.1, 0.15) is 5.56 Å². The SMILES string of the molecule is Cc1cccc(-c2cc(=O)c3ccccc3o2)c1N. The number of rotatable bonds is 1. The van der Waals surface area contributed by atoms with E-state index >= 15 is 0 Å². The fourth-order valence-corrected chi connectivity index (χ4v) is 2.13. The van der Waals surface area contributed by atoms with E-state index in [1.54, 1.807) is 12.1 Å². The summed E-state index contributed by atoms with van der Waals surface area (Å²) in [6.45, 7) is 1.93. The van der Waals surface area contributed by atoms with Gasteiger partial charge in [0.15, 0.2) is 5.43 Å². The first-order valence-corrected chi connectivity index (χ1v) is 6.05. The maximum Gasteiger partial charge on any atom is 0.193 e. The van der Waals surface area contributed by atoms with Gasteiger partial charge in [-0.1, -0.05) is 24.3 Å². The molecule has 0 saturated carbocycles. The summed E-state index contributed by atoms with van der Waals surface area (Å²) < 4.78 is 5.78. The quantitative estimate of drug-likeness (QED) is 0.675. The van der Waals surface area contributed by atoms with Gasteiger partial charge in [0.25, 0.3) is 0 Å². The average Bonchev–Trinajstić information content (AvgIpc) is 2.42. The highest BCUT2D eigenvalue weighted by Crippen LogP contribution is 2.29. The molecule has 0 atom stereocenters. The van der Waals surface area contributed by atoms with Gasteiger partial charge in [0.2, 0.25) is 0 Å². The molecule has 0 bridgehead atoms. The van der Waals surface area contributed by atoms with Crippen LogP contribution in [0.25, 0.3) is 22.3 Å². The van der Waals surface area contributed by atoms with Crippen LogP contribution in [0.15, 0.2) is 57.7 Å². The van der Waals surface area contributed by atoms with Crippen molar-refractivity contribution >= 4 is 16.7 Å². The van der Waals surface area contributed by atoms with Crippen molar-refractivity contribution in [3.8, 4) is 11.3 Å². The summed E-state index contributed by atoms with van der Waals surface area (Å²) >= 11 is 0. The molecule has 0 aliphatic heterocycles. The molecule has 0 radical (unpaired) electrons. The van der Waals surface area contributed by atoms with E-state index in [0.29, 0.717) is 22.4 Å². The second-order valence-corrected chi connectivity index (χ2v) is 4.51. The number of aryl methyl sites for hydroxylation is 1. The highest BCUT2D eigenvalue weighted by molar-refractivity contribution is 5.81. The number of benzene rings is 2. The van der Waals surface area contributed by atoms with Crippen molar-refractivity contribution in [1.29, 1.82) is 0 Å². The molecule has 3 aromatic rings. The van der Waals surface area contributed by atoms with Crippen molar-refractivity contribution in [2.45, 2.75) is 6.92 Å². The summed E-state index contributed by atoms with van der Waals surface area (Å²) in [5.41, 5.74) is 8.92. The molecule has 1 aromatic heterocycles. The lowest BCUT2D eigenvalue weighted by Gasteiger charge is -2.08. The standard InChI is InChI=1S/C16H13NO2/c1-10-5-4-7-12(16(10)17)15-9-13(18)11-6-2-3-8-14(11)19-15/h2-9H,17H2,1H3. The number of nitrogens with two attached hydrogens (primary N) is 1. The van der Waals surface area contributed by atoms with Crippen LogP contribution in [0, 0.1) is 6.92 Å². The highest BCUT2D eigenvalue weighted by atomic mass is 16.3. The molecule has 3 nitrogen and oxygen atoms in total. The third kappa shape index (κ3) is 1.89.